The monoisotopic (exact) mass is 550 g/mol. The second-order valence-corrected chi connectivity index (χ2v) is 11.3. The number of carbonyl (C=O) groups is 2. The zero-order chi connectivity index (χ0) is 28.9. The molecule has 2 atom stereocenters. The van der Waals surface area contributed by atoms with E-state index < -0.39 is 24.3 Å². The largest absolute Gasteiger partial charge is 0.444 e. The number of aromatic nitrogens is 2. The van der Waals surface area contributed by atoms with Crippen molar-refractivity contribution < 1.29 is 27.8 Å². The molecule has 0 saturated heterocycles. The van der Waals surface area contributed by atoms with E-state index in [0.29, 0.717) is 34.5 Å². The number of fused-ring (bicyclic) bond motifs is 9. The third-order valence-corrected chi connectivity index (χ3v) is 7.14. The molecule has 0 fully saturated rings. The molecule has 2 aliphatic rings. The van der Waals surface area contributed by atoms with Crippen LogP contribution >= 0.6 is 0 Å². The Morgan fingerprint density at radius 1 is 1.20 bits per heavy atom. The summed E-state index contributed by atoms with van der Waals surface area (Å²) in [7, 11) is 1.71. The summed E-state index contributed by atoms with van der Waals surface area (Å²) in [5.74, 6) is 6.63. The SMILES string of the molecule is CC(C)N(CC#Cc1ccc2nc3n(c2c1)[C@@H]1CC3N(C)C(=O)c2cccc(OC(F)F)c21)C(=O)OC(C)(C)C. The lowest BCUT2D eigenvalue weighted by Crippen LogP contribution is -2.41. The first-order valence-corrected chi connectivity index (χ1v) is 13.2. The average Bonchev–Trinajstić information content (AvgIpc) is 3.38. The summed E-state index contributed by atoms with van der Waals surface area (Å²) in [5, 5.41) is 0. The van der Waals surface area contributed by atoms with Crippen molar-refractivity contribution in [3.63, 3.8) is 0 Å². The lowest BCUT2D eigenvalue weighted by atomic mass is 9.97. The first-order valence-electron chi connectivity index (χ1n) is 13.2. The van der Waals surface area contributed by atoms with Crippen LogP contribution in [0.25, 0.3) is 11.0 Å². The number of imidazole rings is 1. The molecule has 1 aromatic heterocycles. The van der Waals surface area contributed by atoms with Crippen molar-refractivity contribution in [2.45, 2.75) is 71.4 Å². The maximum Gasteiger partial charge on any atom is 0.411 e. The molecule has 3 heterocycles. The van der Waals surface area contributed by atoms with Gasteiger partial charge < -0.3 is 18.9 Å². The van der Waals surface area contributed by atoms with Gasteiger partial charge in [0.25, 0.3) is 5.91 Å². The van der Waals surface area contributed by atoms with E-state index in [1.807, 2.05) is 57.4 Å². The van der Waals surface area contributed by atoms with E-state index >= 15 is 0 Å². The molecule has 10 heteroatoms. The summed E-state index contributed by atoms with van der Waals surface area (Å²) in [6.45, 7) is 6.43. The van der Waals surface area contributed by atoms with E-state index in [2.05, 4.69) is 11.8 Å². The van der Waals surface area contributed by atoms with Crippen LogP contribution in [0.1, 0.15) is 80.4 Å². The van der Waals surface area contributed by atoms with Crippen molar-refractivity contribution in [3.05, 3.63) is 58.9 Å². The molecule has 2 bridgehead atoms. The molecule has 2 amide bonds. The van der Waals surface area contributed by atoms with E-state index in [-0.39, 0.29) is 30.3 Å². The molecule has 5 rings (SSSR count). The number of benzene rings is 2. The predicted molar refractivity (Wildman–Crippen MR) is 145 cm³/mol. The summed E-state index contributed by atoms with van der Waals surface area (Å²) in [6.07, 6.45) is 0.0649. The van der Waals surface area contributed by atoms with Crippen molar-refractivity contribution in [1.29, 1.82) is 0 Å². The normalized spacial score (nSPS) is 17.9. The second kappa shape index (κ2) is 10.1. The molecule has 40 heavy (non-hydrogen) atoms. The fourth-order valence-corrected chi connectivity index (χ4v) is 5.36. The molecule has 2 aliphatic heterocycles. The molecule has 0 N–H and O–H groups in total. The van der Waals surface area contributed by atoms with Gasteiger partial charge in [-0.25, -0.2) is 9.78 Å². The molecule has 0 spiro atoms. The maximum atomic E-state index is 13.3. The molecular weight excluding hydrogens is 518 g/mol. The number of hydrogen-bond acceptors (Lipinski definition) is 5. The van der Waals surface area contributed by atoms with Gasteiger partial charge in [-0.3, -0.25) is 9.69 Å². The van der Waals surface area contributed by atoms with Crippen LogP contribution in [-0.4, -0.2) is 63.2 Å². The Morgan fingerprint density at radius 3 is 2.62 bits per heavy atom. The molecule has 3 aromatic rings. The van der Waals surface area contributed by atoms with Crippen molar-refractivity contribution in [2.24, 2.45) is 0 Å². The second-order valence-electron chi connectivity index (χ2n) is 11.3. The molecule has 210 valence electrons. The van der Waals surface area contributed by atoms with Gasteiger partial charge in [0.15, 0.2) is 0 Å². The molecule has 0 aliphatic carbocycles. The van der Waals surface area contributed by atoms with Crippen LogP contribution in [-0.2, 0) is 4.74 Å². The highest BCUT2D eigenvalue weighted by atomic mass is 19.3. The fourth-order valence-electron chi connectivity index (χ4n) is 5.36. The van der Waals surface area contributed by atoms with Crippen LogP contribution in [0.5, 0.6) is 5.75 Å². The zero-order valence-electron chi connectivity index (χ0n) is 23.4. The van der Waals surface area contributed by atoms with Crippen LogP contribution in [0.3, 0.4) is 0 Å². The number of amides is 2. The zero-order valence-corrected chi connectivity index (χ0v) is 23.4. The minimum absolute atomic E-state index is 0.0125. The van der Waals surface area contributed by atoms with E-state index in [9.17, 15) is 18.4 Å². The number of nitrogens with zero attached hydrogens (tertiary/aromatic N) is 4. The minimum Gasteiger partial charge on any atom is -0.444 e. The maximum absolute atomic E-state index is 13.3. The van der Waals surface area contributed by atoms with E-state index in [1.54, 1.807) is 29.0 Å². The van der Waals surface area contributed by atoms with Crippen LogP contribution in [0, 0.1) is 11.8 Å². The minimum atomic E-state index is -3.02. The molecular formula is C30H32F2N4O4. The highest BCUT2D eigenvalue weighted by Crippen LogP contribution is 2.49. The van der Waals surface area contributed by atoms with Gasteiger partial charge in [0.05, 0.1) is 29.7 Å². The van der Waals surface area contributed by atoms with Gasteiger partial charge in [0.2, 0.25) is 0 Å². The number of rotatable bonds is 4. The van der Waals surface area contributed by atoms with Crippen molar-refractivity contribution >= 4 is 23.0 Å². The third kappa shape index (κ3) is 4.96. The summed E-state index contributed by atoms with van der Waals surface area (Å²) >= 11 is 0. The standard InChI is InChI=1S/C30H32F2N4O4/c1-17(2)35(29(38)40-30(3,4)5)14-8-9-18-12-13-20-21(15-18)36-22-16-23(26(36)33-20)34(6)27(37)19-10-7-11-24(25(19)22)39-28(31)32/h7,10-13,15,17,22-23,28H,14,16H2,1-6H3/t22-,23?/m1/s1. The summed E-state index contributed by atoms with van der Waals surface area (Å²) in [5.41, 5.74) is 2.37. The summed E-state index contributed by atoms with van der Waals surface area (Å²) in [4.78, 5) is 33.9. The Hall–Kier alpha value is -4.13. The molecule has 0 saturated carbocycles. The number of hydrogen-bond donors (Lipinski definition) is 0. The van der Waals surface area contributed by atoms with Gasteiger partial charge in [0.1, 0.15) is 17.2 Å². The number of carbonyl (C=O) groups excluding carboxylic acids is 2. The smallest absolute Gasteiger partial charge is 0.411 e. The fraction of sp³-hybridized carbons (Fsp3) is 0.433. The van der Waals surface area contributed by atoms with Crippen molar-refractivity contribution in [2.75, 3.05) is 13.6 Å². The molecule has 8 nitrogen and oxygen atoms in total. The Balaban J connectivity index is 1.53. The van der Waals surface area contributed by atoms with E-state index in [4.69, 9.17) is 14.5 Å². The van der Waals surface area contributed by atoms with Crippen LogP contribution in [0.2, 0.25) is 0 Å². The van der Waals surface area contributed by atoms with Crippen LogP contribution in [0.4, 0.5) is 13.6 Å². The predicted octanol–water partition coefficient (Wildman–Crippen LogP) is 5.75. The molecule has 2 aromatic carbocycles. The summed E-state index contributed by atoms with van der Waals surface area (Å²) < 4.78 is 39.0. The van der Waals surface area contributed by atoms with E-state index in [1.165, 1.54) is 6.07 Å². The Morgan fingerprint density at radius 2 is 1.95 bits per heavy atom. The van der Waals surface area contributed by atoms with E-state index in [0.717, 1.165) is 5.52 Å². The van der Waals surface area contributed by atoms with Gasteiger partial charge in [-0.05, 0) is 65.0 Å². The summed E-state index contributed by atoms with van der Waals surface area (Å²) in [6, 6.07) is 9.44. The quantitative estimate of drug-likeness (QED) is 0.387. The molecule has 1 unspecified atom stereocenters. The Labute approximate surface area is 231 Å². The Bertz CT molecular complexity index is 1550. The third-order valence-electron chi connectivity index (χ3n) is 7.14. The first-order chi connectivity index (χ1) is 18.9. The van der Waals surface area contributed by atoms with Gasteiger partial charge in [-0.1, -0.05) is 17.9 Å². The average molecular weight is 551 g/mol. The van der Waals surface area contributed by atoms with Crippen molar-refractivity contribution in [1.82, 2.24) is 19.4 Å². The first kappa shape index (κ1) is 27.4. The van der Waals surface area contributed by atoms with Crippen LogP contribution in [0.15, 0.2) is 36.4 Å². The lowest BCUT2D eigenvalue weighted by Gasteiger charge is -2.28. The Kier molecular flexibility index (Phi) is 6.94. The van der Waals surface area contributed by atoms with Crippen LogP contribution < -0.4 is 4.74 Å². The topological polar surface area (TPSA) is 76.9 Å². The van der Waals surface area contributed by atoms with Gasteiger partial charge >= 0.3 is 12.7 Å². The number of halogens is 2. The number of alkyl halides is 2. The van der Waals surface area contributed by atoms with Gasteiger partial charge in [-0.15, -0.1) is 0 Å². The lowest BCUT2D eigenvalue weighted by molar-refractivity contribution is -0.0507. The number of ether oxygens (including phenoxy) is 2. The molecule has 0 radical (unpaired) electrons. The van der Waals surface area contributed by atoms with Gasteiger partial charge in [0, 0.05) is 36.2 Å². The highest BCUT2D eigenvalue weighted by Gasteiger charge is 2.45. The van der Waals surface area contributed by atoms with Crippen molar-refractivity contribution in [3.8, 4) is 17.6 Å². The van der Waals surface area contributed by atoms with Gasteiger partial charge in [-0.2, -0.15) is 8.78 Å². The highest BCUT2D eigenvalue weighted by molar-refractivity contribution is 5.97.